The predicted molar refractivity (Wildman–Crippen MR) is 115 cm³/mol. The number of alkyl halides is 3. The molecule has 1 amide bonds. The normalized spacial score (nSPS) is 23.1. The maximum absolute atomic E-state index is 12.8. The quantitative estimate of drug-likeness (QED) is 0.628. The third-order valence-electron chi connectivity index (χ3n) is 5.63. The summed E-state index contributed by atoms with van der Waals surface area (Å²) >= 11 is 0. The Morgan fingerprint density at radius 2 is 1.79 bits per heavy atom. The lowest BCUT2D eigenvalue weighted by molar-refractivity contribution is -0.137. The highest BCUT2D eigenvalue weighted by Crippen LogP contribution is 2.38. The van der Waals surface area contributed by atoms with Crippen LogP contribution >= 0.6 is 0 Å². The topological polar surface area (TPSA) is 112 Å². The molecule has 2 atom stereocenters. The van der Waals surface area contributed by atoms with Crippen LogP contribution < -0.4 is 5.32 Å². The minimum Gasteiger partial charge on any atom is -0.344 e. The van der Waals surface area contributed by atoms with E-state index in [0.29, 0.717) is 23.3 Å². The molecule has 0 saturated carbocycles. The highest BCUT2D eigenvalue weighted by atomic mass is 32.2. The van der Waals surface area contributed by atoms with Crippen molar-refractivity contribution in [1.82, 2.24) is 20.2 Å². The summed E-state index contributed by atoms with van der Waals surface area (Å²) in [4.78, 5) is 23.4. The lowest BCUT2D eigenvalue weighted by Gasteiger charge is -2.23. The molecule has 0 bridgehead atoms. The van der Waals surface area contributed by atoms with E-state index in [4.69, 9.17) is 4.55 Å². The minimum atomic E-state index is -4.37. The fourth-order valence-corrected chi connectivity index (χ4v) is 4.09. The molecule has 0 radical (unpaired) electrons. The van der Waals surface area contributed by atoms with Crippen LogP contribution in [0.4, 0.5) is 13.2 Å². The second-order valence-corrected chi connectivity index (χ2v) is 9.82. The van der Waals surface area contributed by atoms with Gasteiger partial charge in [0, 0.05) is 24.8 Å². The van der Waals surface area contributed by atoms with Crippen LogP contribution in [-0.2, 0) is 21.1 Å². The van der Waals surface area contributed by atoms with Crippen LogP contribution in [0.3, 0.4) is 0 Å². The van der Waals surface area contributed by atoms with Crippen molar-refractivity contribution in [3.63, 3.8) is 0 Å². The van der Waals surface area contributed by atoms with Crippen LogP contribution in [0.25, 0.3) is 11.3 Å². The molecule has 33 heavy (non-hydrogen) atoms. The largest absolute Gasteiger partial charge is 0.416 e. The molecule has 8 nitrogen and oxygen atoms in total. The summed E-state index contributed by atoms with van der Waals surface area (Å²) < 4.78 is 64.2. The lowest BCUT2D eigenvalue weighted by Crippen LogP contribution is -2.47. The second-order valence-electron chi connectivity index (χ2n) is 8.36. The van der Waals surface area contributed by atoms with E-state index in [9.17, 15) is 26.4 Å². The van der Waals surface area contributed by atoms with E-state index >= 15 is 0 Å². The van der Waals surface area contributed by atoms with Crippen molar-refractivity contribution in [2.24, 2.45) is 0 Å². The SMILES string of the molecule is CS(=O)(=O)O.Cc1cc(-c2ccc(C(F)(F)F)cc2)nc([C@H]2CC[C@@]3(CCN(C)C3=O)N2)n1. The Kier molecular flexibility index (Phi) is 6.83. The van der Waals surface area contributed by atoms with Gasteiger partial charge in [0.25, 0.3) is 10.1 Å². The fraction of sp³-hybridized carbons (Fsp3) is 0.476. The number of likely N-dealkylation sites (tertiary alicyclic amines) is 1. The number of carbonyl (C=O) groups is 1. The molecule has 1 aromatic carbocycles. The molecule has 0 aliphatic carbocycles. The van der Waals surface area contributed by atoms with E-state index in [1.54, 1.807) is 18.0 Å². The number of benzene rings is 1. The van der Waals surface area contributed by atoms with Gasteiger partial charge in [0.1, 0.15) is 11.4 Å². The molecule has 180 valence electrons. The van der Waals surface area contributed by atoms with Crippen molar-refractivity contribution in [3.8, 4) is 11.3 Å². The molecule has 12 heteroatoms. The molecular formula is C21H25F3N4O4S. The number of amides is 1. The number of rotatable bonds is 2. The number of likely N-dealkylation sites (N-methyl/N-ethyl adjacent to an activating group) is 1. The number of hydrogen-bond acceptors (Lipinski definition) is 6. The Morgan fingerprint density at radius 1 is 1.18 bits per heavy atom. The molecule has 2 N–H and O–H groups in total. The smallest absolute Gasteiger partial charge is 0.344 e. The first-order valence-electron chi connectivity index (χ1n) is 10.2. The molecule has 2 fully saturated rings. The fourth-order valence-electron chi connectivity index (χ4n) is 4.09. The van der Waals surface area contributed by atoms with Gasteiger partial charge in [-0.05, 0) is 44.4 Å². The second kappa shape index (κ2) is 8.99. The molecule has 2 aromatic rings. The van der Waals surface area contributed by atoms with Crippen LogP contribution in [0.15, 0.2) is 30.3 Å². The first-order valence-corrected chi connectivity index (χ1v) is 12.0. The number of halogens is 3. The van der Waals surface area contributed by atoms with Crippen LogP contribution in [0, 0.1) is 6.92 Å². The predicted octanol–water partition coefficient (Wildman–Crippen LogP) is 3.00. The first-order chi connectivity index (χ1) is 15.2. The zero-order valence-corrected chi connectivity index (χ0v) is 19.2. The Bertz CT molecular complexity index is 1130. The maximum Gasteiger partial charge on any atom is 0.416 e. The van der Waals surface area contributed by atoms with Gasteiger partial charge >= 0.3 is 6.18 Å². The van der Waals surface area contributed by atoms with E-state index in [1.165, 1.54) is 12.1 Å². The Labute approximate surface area is 190 Å². The average molecular weight is 487 g/mol. The first kappa shape index (κ1) is 25.1. The molecule has 1 aromatic heterocycles. The van der Waals surface area contributed by atoms with Crippen LogP contribution in [-0.4, -0.2) is 59.1 Å². The highest BCUT2D eigenvalue weighted by molar-refractivity contribution is 7.85. The molecule has 4 rings (SSSR count). The minimum absolute atomic E-state index is 0.102. The number of aryl methyl sites for hydroxylation is 1. The van der Waals surface area contributed by atoms with E-state index in [1.807, 2.05) is 6.92 Å². The van der Waals surface area contributed by atoms with Crippen molar-refractivity contribution in [1.29, 1.82) is 0 Å². The van der Waals surface area contributed by atoms with Crippen molar-refractivity contribution >= 4 is 16.0 Å². The van der Waals surface area contributed by atoms with Gasteiger partial charge in [-0.25, -0.2) is 9.97 Å². The van der Waals surface area contributed by atoms with Gasteiger partial charge in [0.15, 0.2) is 0 Å². The standard InChI is InChI=1S/C20H21F3N4O.CH4O3S/c1-12-11-16(13-3-5-14(6-4-13)20(21,22)23)25-17(24-12)15-7-8-19(26-15)9-10-27(2)18(19)28;1-5(2,3)4/h3-6,11,15,26H,7-10H2,1-2H3;1H3,(H,2,3,4)/t15-,19+;/m1./s1. The lowest BCUT2D eigenvalue weighted by atomic mass is 9.96. The summed E-state index contributed by atoms with van der Waals surface area (Å²) in [6, 6.07) is 6.57. The van der Waals surface area contributed by atoms with Crippen molar-refractivity contribution < 1.29 is 30.9 Å². The number of carbonyl (C=O) groups excluding carboxylic acids is 1. The molecular weight excluding hydrogens is 461 g/mol. The zero-order chi connectivity index (χ0) is 24.6. The van der Waals surface area contributed by atoms with Crippen LogP contribution in [0.5, 0.6) is 0 Å². The maximum atomic E-state index is 12.8. The van der Waals surface area contributed by atoms with Crippen molar-refractivity contribution in [3.05, 3.63) is 47.4 Å². The van der Waals surface area contributed by atoms with Crippen molar-refractivity contribution in [2.45, 2.75) is 43.9 Å². The van der Waals surface area contributed by atoms with E-state index in [-0.39, 0.29) is 11.9 Å². The molecule has 2 saturated heterocycles. The Hall–Kier alpha value is -2.57. The van der Waals surface area contributed by atoms with Gasteiger partial charge in [-0.1, -0.05) is 12.1 Å². The summed E-state index contributed by atoms with van der Waals surface area (Å²) in [7, 11) is -1.86. The summed E-state index contributed by atoms with van der Waals surface area (Å²) in [5, 5.41) is 3.43. The van der Waals surface area contributed by atoms with Gasteiger partial charge in [0.05, 0.1) is 23.6 Å². The average Bonchev–Trinajstić information content (AvgIpc) is 3.26. The van der Waals surface area contributed by atoms with Crippen LogP contribution in [0.1, 0.15) is 42.4 Å². The number of hydrogen-bond donors (Lipinski definition) is 2. The molecule has 2 aliphatic rings. The van der Waals surface area contributed by atoms with Crippen molar-refractivity contribution in [2.75, 3.05) is 19.8 Å². The number of nitrogens with zero attached hydrogens (tertiary/aromatic N) is 3. The molecule has 0 unspecified atom stereocenters. The van der Waals surface area contributed by atoms with Gasteiger partial charge in [-0.2, -0.15) is 21.6 Å². The van der Waals surface area contributed by atoms with Gasteiger partial charge in [0.2, 0.25) is 5.91 Å². The van der Waals surface area contributed by atoms with Crippen LogP contribution in [0.2, 0.25) is 0 Å². The summed E-state index contributed by atoms with van der Waals surface area (Å²) in [6.07, 6.45) is -1.42. The van der Waals surface area contributed by atoms with E-state index in [2.05, 4.69) is 15.3 Å². The Balaban J connectivity index is 0.000000555. The summed E-state index contributed by atoms with van der Waals surface area (Å²) in [6.45, 7) is 2.56. The molecule has 1 spiro atoms. The number of nitrogens with one attached hydrogen (secondary N) is 1. The third-order valence-corrected chi connectivity index (χ3v) is 5.63. The zero-order valence-electron chi connectivity index (χ0n) is 18.3. The summed E-state index contributed by atoms with van der Waals surface area (Å²) in [5.74, 6) is 0.680. The third kappa shape index (κ3) is 6.06. The van der Waals surface area contributed by atoms with Gasteiger partial charge < -0.3 is 4.90 Å². The van der Waals surface area contributed by atoms with Gasteiger partial charge in [-0.3, -0.25) is 14.7 Å². The molecule has 2 aliphatic heterocycles. The summed E-state index contributed by atoms with van der Waals surface area (Å²) in [5.41, 5.74) is 0.683. The Morgan fingerprint density at radius 3 is 2.30 bits per heavy atom. The molecule has 3 heterocycles. The monoisotopic (exact) mass is 486 g/mol. The van der Waals surface area contributed by atoms with Gasteiger partial charge in [-0.15, -0.1) is 0 Å². The number of aromatic nitrogens is 2. The van der Waals surface area contributed by atoms with E-state index < -0.39 is 27.4 Å². The highest BCUT2D eigenvalue weighted by Gasteiger charge is 2.50. The van der Waals surface area contributed by atoms with E-state index in [0.717, 1.165) is 43.6 Å².